The number of hydrogen-bond donors (Lipinski definition) is 1. The van der Waals surface area contributed by atoms with Crippen LogP contribution in [0.3, 0.4) is 0 Å². The normalized spacial score (nSPS) is 18.5. The zero-order valence-corrected chi connectivity index (χ0v) is 11.7. The minimum absolute atomic E-state index is 0.486. The third-order valence-electron chi connectivity index (χ3n) is 3.54. The first-order valence-corrected chi connectivity index (χ1v) is 7.59. The Morgan fingerprint density at radius 3 is 2.59 bits per heavy atom. The average Bonchev–Trinajstić information content (AvgIpc) is 2.63. The van der Waals surface area contributed by atoms with Gasteiger partial charge < -0.3 is 5.32 Å². The summed E-state index contributed by atoms with van der Waals surface area (Å²) in [4.78, 5) is 1.32. The fourth-order valence-electron chi connectivity index (χ4n) is 2.50. The maximum atomic E-state index is 4.23. The van der Waals surface area contributed by atoms with E-state index in [0.717, 1.165) is 6.54 Å². The van der Waals surface area contributed by atoms with E-state index in [1.807, 2.05) is 0 Å². The van der Waals surface area contributed by atoms with Gasteiger partial charge in [0.1, 0.15) is 0 Å². The van der Waals surface area contributed by atoms with E-state index in [4.69, 9.17) is 0 Å². The van der Waals surface area contributed by atoms with E-state index in [2.05, 4.69) is 28.8 Å². The van der Waals surface area contributed by atoms with Crippen LogP contribution in [0.15, 0.2) is 0 Å². The molecule has 1 aromatic heterocycles. The summed E-state index contributed by atoms with van der Waals surface area (Å²) in [6, 6.07) is 0.708. The van der Waals surface area contributed by atoms with Crippen LogP contribution in [0.1, 0.15) is 68.9 Å². The van der Waals surface area contributed by atoms with Crippen molar-refractivity contribution in [2.75, 3.05) is 0 Å². The van der Waals surface area contributed by atoms with Crippen LogP contribution in [0.5, 0.6) is 0 Å². The fourth-order valence-corrected chi connectivity index (χ4v) is 3.24. The van der Waals surface area contributed by atoms with Crippen molar-refractivity contribution in [3.05, 3.63) is 10.6 Å². The van der Waals surface area contributed by atoms with Gasteiger partial charge in [0.05, 0.1) is 10.6 Å². The first-order chi connectivity index (χ1) is 8.27. The minimum atomic E-state index is 0.486. The molecule has 1 heterocycles. The van der Waals surface area contributed by atoms with Crippen LogP contribution in [0.4, 0.5) is 0 Å². The molecule has 0 aliphatic heterocycles. The number of rotatable bonds is 4. The van der Waals surface area contributed by atoms with Gasteiger partial charge in [-0.1, -0.05) is 44.0 Å². The molecular weight excluding hydrogens is 230 g/mol. The summed E-state index contributed by atoms with van der Waals surface area (Å²) in [6.45, 7) is 5.33. The van der Waals surface area contributed by atoms with Crippen molar-refractivity contribution in [2.45, 2.75) is 70.9 Å². The molecule has 96 valence electrons. The van der Waals surface area contributed by atoms with Crippen LogP contribution in [-0.2, 0) is 6.54 Å². The molecule has 1 N–H and O–H groups in total. The summed E-state index contributed by atoms with van der Waals surface area (Å²) in [6.07, 6.45) is 8.27. The molecule has 17 heavy (non-hydrogen) atoms. The molecule has 4 heteroatoms. The molecule has 2 rings (SSSR count). The lowest BCUT2D eigenvalue weighted by Gasteiger charge is -2.15. The third-order valence-corrected chi connectivity index (χ3v) is 4.28. The van der Waals surface area contributed by atoms with Gasteiger partial charge in [0.2, 0.25) is 0 Å². The molecule has 3 nitrogen and oxygen atoms in total. The Morgan fingerprint density at radius 2 is 1.94 bits per heavy atom. The van der Waals surface area contributed by atoms with Crippen molar-refractivity contribution in [3.63, 3.8) is 0 Å². The Bertz CT molecular complexity index is 327. The number of aromatic nitrogens is 2. The summed E-state index contributed by atoms with van der Waals surface area (Å²) in [5, 5.41) is 7.92. The molecule has 1 aliphatic rings. The highest BCUT2D eigenvalue weighted by atomic mass is 32.1. The second-order valence-electron chi connectivity index (χ2n) is 5.31. The highest BCUT2D eigenvalue weighted by Gasteiger charge is 2.15. The molecular formula is C13H23N3S. The molecule has 1 aromatic rings. The standard InChI is InChI=1S/C13H23N3S/c1-10(2)13-12(17-16-15-13)9-14-11-7-5-3-4-6-8-11/h10-11,14H,3-9H2,1-2H3. The number of hydrogen-bond acceptors (Lipinski definition) is 4. The van der Waals surface area contributed by atoms with Crippen LogP contribution >= 0.6 is 11.5 Å². The van der Waals surface area contributed by atoms with E-state index in [1.54, 1.807) is 11.5 Å². The molecule has 0 saturated heterocycles. The summed E-state index contributed by atoms with van der Waals surface area (Å²) in [5.41, 5.74) is 1.18. The molecule has 1 fully saturated rings. The van der Waals surface area contributed by atoms with Gasteiger partial charge in [-0.05, 0) is 30.3 Å². The SMILES string of the molecule is CC(C)c1nnsc1CNC1CCCCCC1. The summed E-state index contributed by atoms with van der Waals surface area (Å²) >= 11 is 1.55. The molecule has 0 atom stereocenters. The molecule has 0 spiro atoms. The average molecular weight is 253 g/mol. The van der Waals surface area contributed by atoms with Crippen LogP contribution < -0.4 is 5.32 Å². The van der Waals surface area contributed by atoms with E-state index >= 15 is 0 Å². The summed E-state index contributed by atoms with van der Waals surface area (Å²) < 4.78 is 4.08. The second kappa shape index (κ2) is 6.45. The van der Waals surface area contributed by atoms with E-state index in [9.17, 15) is 0 Å². The van der Waals surface area contributed by atoms with Gasteiger partial charge in [-0.15, -0.1) is 5.10 Å². The van der Waals surface area contributed by atoms with E-state index in [-0.39, 0.29) is 0 Å². The first kappa shape index (κ1) is 13.0. The molecule has 1 aliphatic carbocycles. The van der Waals surface area contributed by atoms with Crippen molar-refractivity contribution in [1.29, 1.82) is 0 Å². The lowest BCUT2D eigenvalue weighted by molar-refractivity contribution is 0.459. The summed E-state index contributed by atoms with van der Waals surface area (Å²) in [5.74, 6) is 0.486. The lowest BCUT2D eigenvalue weighted by atomic mass is 10.1. The van der Waals surface area contributed by atoms with Gasteiger partial charge in [0, 0.05) is 12.6 Å². The highest BCUT2D eigenvalue weighted by Crippen LogP contribution is 2.21. The molecule has 0 radical (unpaired) electrons. The monoisotopic (exact) mass is 253 g/mol. The zero-order valence-electron chi connectivity index (χ0n) is 10.9. The maximum Gasteiger partial charge on any atom is 0.0826 e. The minimum Gasteiger partial charge on any atom is -0.309 e. The van der Waals surface area contributed by atoms with Crippen LogP contribution in [0.25, 0.3) is 0 Å². The molecule has 0 bridgehead atoms. The number of nitrogens with one attached hydrogen (secondary N) is 1. The van der Waals surface area contributed by atoms with E-state index in [1.165, 1.54) is 49.1 Å². The van der Waals surface area contributed by atoms with Crippen LogP contribution in [-0.4, -0.2) is 15.6 Å². The quantitative estimate of drug-likeness (QED) is 0.835. The Balaban J connectivity index is 1.86. The third kappa shape index (κ3) is 3.75. The predicted octanol–water partition coefficient (Wildman–Crippen LogP) is 3.47. The molecule has 0 unspecified atom stereocenters. The van der Waals surface area contributed by atoms with Crippen LogP contribution in [0.2, 0.25) is 0 Å². The van der Waals surface area contributed by atoms with Gasteiger partial charge in [-0.25, -0.2) is 0 Å². The molecule has 1 saturated carbocycles. The highest BCUT2D eigenvalue weighted by molar-refractivity contribution is 7.05. The van der Waals surface area contributed by atoms with Crippen molar-refractivity contribution in [2.24, 2.45) is 0 Å². The predicted molar refractivity (Wildman–Crippen MR) is 72.3 cm³/mol. The molecule has 0 aromatic carbocycles. The van der Waals surface area contributed by atoms with Gasteiger partial charge >= 0.3 is 0 Å². The number of nitrogens with zero attached hydrogens (tertiary/aromatic N) is 2. The molecule has 0 amide bonds. The Labute approximate surface area is 108 Å². The lowest BCUT2D eigenvalue weighted by Crippen LogP contribution is -2.27. The van der Waals surface area contributed by atoms with Crippen molar-refractivity contribution in [3.8, 4) is 0 Å². The summed E-state index contributed by atoms with van der Waals surface area (Å²) in [7, 11) is 0. The second-order valence-corrected chi connectivity index (χ2v) is 6.14. The van der Waals surface area contributed by atoms with E-state index in [0.29, 0.717) is 12.0 Å². The Hall–Kier alpha value is -0.480. The van der Waals surface area contributed by atoms with Crippen LogP contribution in [0, 0.1) is 0 Å². The topological polar surface area (TPSA) is 37.8 Å². The fraction of sp³-hybridized carbons (Fsp3) is 0.846. The zero-order chi connectivity index (χ0) is 12.1. The maximum absolute atomic E-state index is 4.23. The van der Waals surface area contributed by atoms with Crippen molar-refractivity contribution < 1.29 is 0 Å². The Kier molecular flexibility index (Phi) is 4.92. The largest absolute Gasteiger partial charge is 0.309 e. The van der Waals surface area contributed by atoms with Gasteiger partial charge in [-0.2, -0.15) is 0 Å². The van der Waals surface area contributed by atoms with E-state index < -0.39 is 0 Å². The smallest absolute Gasteiger partial charge is 0.0826 e. The van der Waals surface area contributed by atoms with Crippen molar-refractivity contribution >= 4 is 11.5 Å². The Morgan fingerprint density at radius 1 is 1.24 bits per heavy atom. The first-order valence-electron chi connectivity index (χ1n) is 6.82. The van der Waals surface area contributed by atoms with Gasteiger partial charge in [-0.3, -0.25) is 0 Å². The van der Waals surface area contributed by atoms with Gasteiger partial charge in [0.25, 0.3) is 0 Å². The van der Waals surface area contributed by atoms with Crippen molar-refractivity contribution in [1.82, 2.24) is 14.9 Å². The van der Waals surface area contributed by atoms with Gasteiger partial charge in [0.15, 0.2) is 0 Å².